The number of hydrogen-bond donors (Lipinski definition) is 2. The highest BCUT2D eigenvalue weighted by Crippen LogP contribution is 2.45. The fourth-order valence-electron chi connectivity index (χ4n) is 7.05. The van der Waals surface area contributed by atoms with Crippen molar-refractivity contribution in [2.75, 3.05) is 15.5 Å². The number of anilines is 3. The molecule has 2 N–H and O–H groups in total. The second-order valence-corrected chi connectivity index (χ2v) is 13.0. The molecular formula is C38H36ClF4N3O2. The Hall–Kier alpha value is -4.37. The van der Waals surface area contributed by atoms with E-state index in [2.05, 4.69) is 10.6 Å². The van der Waals surface area contributed by atoms with E-state index in [1.807, 2.05) is 24.3 Å². The average molecular weight is 678 g/mol. The molecule has 0 saturated heterocycles. The van der Waals surface area contributed by atoms with Crippen molar-refractivity contribution < 1.29 is 27.2 Å². The molecule has 6 rings (SSSR count). The minimum atomic E-state index is -4.61. The zero-order valence-corrected chi connectivity index (χ0v) is 27.4. The third-order valence-electron chi connectivity index (χ3n) is 9.43. The van der Waals surface area contributed by atoms with Gasteiger partial charge in [0.2, 0.25) is 5.91 Å². The maximum atomic E-state index is 15.4. The van der Waals surface area contributed by atoms with Crippen molar-refractivity contribution in [3.05, 3.63) is 123 Å². The standard InChI is InChI=1S/C38H36ClF4N3O2/c1-3-23-11-17-29(21-31(23)38(41,42)43)45-36(47)30-20-25-19-26(39)14-18-33(25)46(37(48)34-22(2)7-6-10-32(34)40)35(30)24-12-15-28(16-13-24)44-27-8-4-5-9-27/h6-7,10-19,21,27,30,35,44H,3-5,8-9,20H2,1-2H3,(H,45,47)/t30-,35?/m0/s1. The molecule has 0 bridgehead atoms. The van der Waals surface area contributed by atoms with E-state index in [1.54, 1.807) is 38.1 Å². The lowest BCUT2D eigenvalue weighted by atomic mass is 9.80. The Bertz CT molecular complexity index is 1820. The highest BCUT2D eigenvalue weighted by molar-refractivity contribution is 6.30. The molecule has 4 aromatic rings. The minimum Gasteiger partial charge on any atom is -0.382 e. The molecule has 4 aromatic carbocycles. The fourth-order valence-corrected chi connectivity index (χ4v) is 7.25. The predicted molar refractivity (Wildman–Crippen MR) is 181 cm³/mol. The number of aryl methyl sites for hydroxylation is 2. The van der Waals surface area contributed by atoms with E-state index in [1.165, 1.54) is 29.2 Å². The summed E-state index contributed by atoms with van der Waals surface area (Å²) in [5.41, 5.74) is 2.14. The molecule has 2 aliphatic rings. The maximum absolute atomic E-state index is 15.4. The summed E-state index contributed by atoms with van der Waals surface area (Å²) in [7, 11) is 0. The molecule has 1 heterocycles. The molecule has 0 spiro atoms. The summed E-state index contributed by atoms with van der Waals surface area (Å²) in [6.45, 7) is 3.28. The van der Waals surface area contributed by atoms with E-state index in [-0.39, 0.29) is 29.7 Å². The molecule has 0 aromatic heterocycles. The van der Waals surface area contributed by atoms with Gasteiger partial charge in [0.05, 0.1) is 23.1 Å². The van der Waals surface area contributed by atoms with Crippen LogP contribution in [-0.4, -0.2) is 17.9 Å². The predicted octanol–water partition coefficient (Wildman–Crippen LogP) is 9.92. The van der Waals surface area contributed by atoms with Crippen molar-refractivity contribution in [1.82, 2.24) is 0 Å². The number of amides is 2. The molecule has 5 nitrogen and oxygen atoms in total. The molecular weight excluding hydrogens is 642 g/mol. The number of halogens is 5. The van der Waals surface area contributed by atoms with E-state index in [9.17, 15) is 22.8 Å². The number of alkyl halides is 3. The molecule has 1 aliphatic heterocycles. The van der Waals surface area contributed by atoms with Gasteiger partial charge in [-0.2, -0.15) is 13.2 Å². The van der Waals surface area contributed by atoms with Crippen LogP contribution in [0.1, 0.15) is 76.8 Å². The molecule has 2 atom stereocenters. The van der Waals surface area contributed by atoms with Crippen molar-refractivity contribution in [1.29, 1.82) is 0 Å². The van der Waals surface area contributed by atoms with E-state index in [4.69, 9.17) is 11.6 Å². The first-order chi connectivity index (χ1) is 22.9. The number of hydrogen-bond acceptors (Lipinski definition) is 3. The number of nitrogens with zero attached hydrogens (tertiary/aromatic N) is 1. The molecule has 10 heteroatoms. The van der Waals surface area contributed by atoms with Crippen molar-refractivity contribution in [2.24, 2.45) is 5.92 Å². The van der Waals surface area contributed by atoms with Gasteiger partial charge in [-0.25, -0.2) is 4.39 Å². The van der Waals surface area contributed by atoms with Gasteiger partial charge in [-0.3, -0.25) is 14.5 Å². The van der Waals surface area contributed by atoms with Crippen molar-refractivity contribution in [3.63, 3.8) is 0 Å². The van der Waals surface area contributed by atoms with Crippen LogP contribution in [0.3, 0.4) is 0 Å². The quantitative estimate of drug-likeness (QED) is 0.192. The van der Waals surface area contributed by atoms with Gasteiger partial charge in [0.15, 0.2) is 0 Å². The summed E-state index contributed by atoms with van der Waals surface area (Å²) in [5, 5.41) is 6.63. The Morgan fingerprint density at radius 3 is 2.31 bits per heavy atom. The number of rotatable bonds is 7. The topological polar surface area (TPSA) is 61.4 Å². The van der Waals surface area contributed by atoms with Crippen LogP contribution >= 0.6 is 11.6 Å². The zero-order chi connectivity index (χ0) is 34.2. The molecule has 2 amide bonds. The summed E-state index contributed by atoms with van der Waals surface area (Å²) in [6, 6.07) is 20.0. The number of carbonyl (C=O) groups is 2. The second-order valence-electron chi connectivity index (χ2n) is 12.6. The number of benzene rings is 4. The lowest BCUT2D eigenvalue weighted by molar-refractivity contribution is -0.138. The number of nitrogens with one attached hydrogen (secondary N) is 2. The van der Waals surface area contributed by atoms with Crippen molar-refractivity contribution in [3.8, 4) is 0 Å². The smallest absolute Gasteiger partial charge is 0.382 e. The summed E-state index contributed by atoms with van der Waals surface area (Å²) in [4.78, 5) is 30.2. The highest BCUT2D eigenvalue weighted by Gasteiger charge is 2.44. The third kappa shape index (κ3) is 6.79. The van der Waals surface area contributed by atoms with E-state index < -0.39 is 41.3 Å². The first-order valence-electron chi connectivity index (χ1n) is 16.2. The van der Waals surface area contributed by atoms with Crippen molar-refractivity contribution in [2.45, 2.75) is 70.6 Å². The molecule has 250 valence electrons. The van der Waals surface area contributed by atoms with Gasteiger partial charge in [0.1, 0.15) is 5.82 Å². The van der Waals surface area contributed by atoms with Crippen LogP contribution in [0.15, 0.2) is 78.9 Å². The minimum absolute atomic E-state index is 0.0147. The Labute approximate surface area is 282 Å². The summed E-state index contributed by atoms with van der Waals surface area (Å²) in [5.74, 6) is -2.90. The maximum Gasteiger partial charge on any atom is 0.416 e. The Morgan fingerprint density at radius 1 is 0.938 bits per heavy atom. The van der Waals surface area contributed by atoms with Gasteiger partial charge in [0.25, 0.3) is 5.91 Å². The van der Waals surface area contributed by atoms with E-state index >= 15 is 4.39 Å². The Kier molecular flexibility index (Phi) is 9.52. The van der Waals surface area contributed by atoms with Gasteiger partial charge in [0, 0.05) is 28.1 Å². The Morgan fingerprint density at radius 2 is 1.65 bits per heavy atom. The lowest BCUT2D eigenvalue weighted by Gasteiger charge is -2.42. The second kappa shape index (κ2) is 13.6. The number of fused-ring (bicyclic) bond motifs is 1. The lowest BCUT2D eigenvalue weighted by Crippen LogP contribution is -2.47. The van der Waals surface area contributed by atoms with Crippen molar-refractivity contribution >= 4 is 40.5 Å². The van der Waals surface area contributed by atoms with Gasteiger partial charge < -0.3 is 10.6 Å². The van der Waals surface area contributed by atoms with Crippen LogP contribution in [0.2, 0.25) is 5.02 Å². The summed E-state index contributed by atoms with van der Waals surface area (Å²) in [6.07, 6.45) is 0.171. The van der Waals surface area contributed by atoms with Crippen LogP contribution in [0.25, 0.3) is 0 Å². The van der Waals surface area contributed by atoms with Crippen LogP contribution in [0, 0.1) is 18.7 Å². The SMILES string of the molecule is CCc1ccc(NC(=O)[C@H]2Cc3cc(Cl)ccc3N(C(=O)c3c(C)cccc3F)C2c2ccc(NC3CCCC3)cc2)cc1C(F)(F)F. The third-order valence-corrected chi connectivity index (χ3v) is 9.67. The summed E-state index contributed by atoms with van der Waals surface area (Å²) < 4.78 is 57.1. The summed E-state index contributed by atoms with van der Waals surface area (Å²) >= 11 is 6.38. The monoisotopic (exact) mass is 677 g/mol. The Balaban J connectivity index is 1.45. The highest BCUT2D eigenvalue weighted by atomic mass is 35.5. The van der Waals surface area contributed by atoms with Crippen LogP contribution in [0.4, 0.5) is 34.6 Å². The molecule has 1 fully saturated rings. The first-order valence-corrected chi connectivity index (χ1v) is 16.6. The zero-order valence-electron chi connectivity index (χ0n) is 26.6. The van der Waals surface area contributed by atoms with Gasteiger partial charge in [-0.15, -0.1) is 0 Å². The van der Waals surface area contributed by atoms with Gasteiger partial charge in [-0.05, 0) is 103 Å². The molecule has 48 heavy (non-hydrogen) atoms. The average Bonchev–Trinajstić information content (AvgIpc) is 3.56. The van der Waals surface area contributed by atoms with Gasteiger partial charge >= 0.3 is 6.18 Å². The van der Waals surface area contributed by atoms with Crippen LogP contribution in [-0.2, 0) is 23.8 Å². The van der Waals surface area contributed by atoms with Crippen LogP contribution < -0.4 is 15.5 Å². The fraction of sp³-hybridized carbons (Fsp3) is 0.316. The van der Waals surface area contributed by atoms with E-state index in [0.717, 1.165) is 37.4 Å². The van der Waals surface area contributed by atoms with Gasteiger partial charge in [-0.1, -0.05) is 61.7 Å². The van der Waals surface area contributed by atoms with Crippen LogP contribution in [0.5, 0.6) is 0 Å². The largest absolute Gasteiger partial charge is 0.416 e. The molecule has 0 radical (unpaired) electrons. The molecule has 1 aliphatic carbocycles. The first kappa shape index (κ1) is 33.5. The molecule has 1 saturated carbocycles. The molecule has 1 unspecified atom stereocenters. The van der Waals surface area contributed by atoms with E-state index in [0.29, 0.717) is 33.4 Å². The number of carbonyl (C=O) groups excluding carboxylic acids is 2. The normalized spacial score (nSPS) is 18.0.